The maximum atomic E-state index is 13.0. The van der Waals surface area contributed by atoms with E-state index in [1.165, 1.54) is 0 Å². The maximum absolute atomic E-state index is 13.0. The number of pyridine rings is 1. The van der Waals surface area contributed by atoms with Crippen molar-refractivity contribution in [1.29, 1.82) is 0 Å². The van der Waals surface area contributed by atoms with Crippen LogP contribution in [0.4, 0.5) is 5.82 Å². The van der Waals surface area contributed by atoms with Crippen LogP contribution in [0.3, 0.4) is 0 Å². The molecular formula is C18H27N5O3. The number of hydrogen-bond acceptors (Lipinski definition) is 6. The fourth-order valence-electron chi connectivity index (χ4n) is 3.67. The number of carbonyl (C=O) groups excluding carboxylic acids is 2. The molecule has 0 radical (unpaired) electrons. The summed E-state index contributed by atoms with van der Waals surface area (Å²) in [4.78, 5) is 35.1. The Morgan fingerprint density at radius 3 is 2.50 bits per heavy atom. The van der Waals surface area contributed by atoms with Gasteiger partial charge in [0.05, 0.1) is 24.8 Å². The molecule has 0 saturated carbocycles. The molecule has 3 heterocycles. The smallest absolute Gasteiger partial charge is 0.252 e. The molecule has 0 spiro atoms. The second kappa shape index (κ2) is 8.46. The third-order valence-electron chi connectivity index (χ3n) is 5.10. The predicted octanol–water partition coefficient (Wildman–Crippen LogP) is -0.0601. The van der Waals surface area contributed by atoms with Gasteiger partial charge in [0, 0.05) is 45.5 Å². The molecule has 2 amide bonds. The summed E-state index contributed by atoms with van der Waals surface area (Å²) < 4.78 is 5.40. The highest BCUT2D eigenvalue weighted by Crippen LogP contribution is 2.20. The molecule has 26 heavy (non-hydrogen) atoms. The molecular weight excluding hydrogens is 334 g/mol. The molecule has 2 aliphatic heterocycles. The predicted molar refractivity (Wildman–Crippen MR) is 98.0 cm³/mol. The number of rotatable bonds is 5. The van der Waals surface area contributed by atoms with E-state index in [-0.39, 0.29) is 11.9 Å². The zero-order valence-electron chi connectivity index (χ0n) is 15.3. The van der Waals surface area contributed by atoms with Crippen molar-refractivity contribution in [2.75, 3.05) is 57.4 Å². The molecule has 1 unspecified atom stereocenters. The zero-order chi connectivity index (χ0) is 18.5. The summed E-state index contributed by atoms with van der Waals surface area (Å²) in [7, 11) is 0. The number of morpholine rings is 1. The highest BCUT2D eigenvalue weighted by molar-refractivity contribution is 5.97. The number of nitrogens with two attached hydrogens (primary N) is 1. The average molecular weight is 361 g/mol. The van der Waals surface area contributed by atoms with E-state index in [1.807, 2.05) is 9.80 Å². The third-order valence-corrected chi connectivity index (χ3v) is 5.10. The van der Waals surface area contributed by atoms with Crippen LogP contribution < -0.4 is 10.6 Å². The van der Waals surface area contributed by atoms with E-state index in [4.69, 9.17) is 10.5 Å². The lowest BCUT2D eigenvalue weighted by molar-refractivity contribution is -0.139. The van der Waals surface area contributed by atoms with Crippen LogP contribution in [-0.2, 0) is 9.53 Å². The van der Waals surface area contributed by atoms with Gasteiger partial charge in [-0.15, -0.1) is 0 Å². The minimum absolute atomic E-state index is 0.0820. The number of carbonyl (C=O) groups is 2. The Morgan fingerprint density at radius 2 is 1.88 bits per heavy atom. The fourth-order valence-corrected chi connectivity index (χ4v) is 3.67. The zero-order valence-corrected chi connectivity index (χ0v) is 15.3. The summed E-state index contributed by atoms with van der Waals surface area (Å²) in [6, 6.07) is 3.31. The Kier molecular flexibility index (Phi) is 6.05. The monoisotopic (exact) mass is 361 g/mol. The molecule has 2 N–H and O–H groups in total. The van der Waals surface area contributed by atoms with Gasteiger partial charge in [0.15, 0.2) is 0 Å². The van der Waals surface area contributed by atoms with E-state index in [1.54, 1.807) is 18.3 Å². The van der Waals surface area contributed by atoms with Crippen molar-refractivity contribution in [3.8, 4) is 0 Å². The number of ether oxygens (including phenoxy) is 1. The first-order valence-corrected chi connectivity index (χ1v) is 9.22. The first kappa shape index (κ1) is 18.6. The second-order valence-electron chi connectivity index (χ2n) is 6.62. The summed E-state index contributed by atoms with van der Waals surface area (Å²) in [6.45, 7) is 7.57. The minimum Gasteiger partial charge on any atom is -0.379 e. The lowest BCUT2D eigenvalue weighted by atomic mass is 10.1. The Bertz CT molecular complexity index is 639. The molecule has 1 aromatic heterocycles. The highest BCUT2D eigenvalue weighted by atomic mass is 16.5. The normalized spacial score (nSPS) is 20.0. The molecule has 3 rings (SSSR count). The summed E-state index contributed by atoms with van der Waals surface area (Å²) in [5.74, 6) is 0.308. The number of aromatic nitrogens is 1. The molecule has 0 aliphatic carbocycles. The Hall–Kier alpha value is -2.19. The minimum atomic E-state index is -0.482. The van der Waals surface area contributed by atoms with Gasteiger partial charge >= 0.3 is 0 Å². The van der Waals surface area contributed by atoms with Crippen LogP contribution >= 0.6 is 0 Å². The number of nitrogens with zero attached hydrogens (tertiary/aromatic N) is 4. The Labute approximate surface area is 153 Å². The molecule has 8 heteroatoms. The molecule has 8 nitrogen and oxygen atoms in total. The number of anilines is 1. The van der Waals surface area contributed by atoms with Crippen LogP contribution in [-0.4, -0.2) is 85.1 Å². The summed E-state index contributed by atoms with van der Waals surface area (Å²) in [6.07, 6.45) is 2.45. The highest BCUT2D eigenvalue weighted by Gasteiger charge is 2.32. The molecule has 2 fully saturated rings. The number of amides is 2. The van der Waals surface area contributed by atoms with Gasteiger partial charge in [-0.05, 0) is 18.6 Å². The molecule has 2 aliphatic rings. The standard InChI is InChI=1S/C18H27N5O3/c1-2-15(21-10-12-26-13-11-21)18(25)23-8-6-22(7-9-23)17-14(16(19)24)4-3-5-20-17/h3-5,15H,2,6-13H2,1H3,(H2,19,24). The lowest BCUT2D eigenvalue weighted by Crippen LogP contribution is -2.56. The largest absolute Gasteiger partial charge is 0.379 e. The van der Waals surface area contributed by atoms with Crippen molar-refractivity contribution in [1.82, 2.24) is 14.8 Å². The van der Waals surface area contributed by atoms with Crippen LogP contribution in [0.5, 0.6) is 0 Å². The van der Waals surface area contributed by atoms with Gasteiger partial charge < -0.3 is 20.3 Å². The van der Waals surface area contributed by atoms with Crippen molar-refractivity contribution in [2.45, 2.75) is 19.4 Å². The molecule has 1 aromatic rings. The van der Waals surface area contributed by atoms with Crippen molar-refractivity contribution >= 4 is 17.6 Å². The lowest BCUT2D eigenvalue weighted by Gasteiger charge is -2.40. The van der Waals surface area contributed by atoms with E-state index in [0.717, 1.165) is 19.5 Å². The van der Waals surface area contributed by atoms with Crippen molar-refractivity contribution in [3.05, 3.63) is 23.9 Å². The van der Waals surface area contributed by atoms with E-state index in [2.05, 4.69) is 16.8 Å². The second-order valence-corrected chi connectivity index (χ2v) is 6.62. The van der Waals surface area contributed by atoms with Crippen LogP contribution in [0.2, 0.25) is 0 Å². The molecule has 1 atom stereocenters. The molecule has 142 valence electrons. The quantitative estimate of drug-likeness (QED) is 0.790. The molecule has 2 saturated heterocycles. The number of primary amides is 1. The van der Waals surface area contributed by atoms with Gasteiger partial charge in [-0.1, -0.05) is 6.92 Å². The molecule has 0 bridgehead atoms. The number of piperazine rings is 1. The summed E-state index contributed by atoms with van der Waals surface area (Å²) in [5.41, 5.74) is 5.87. The third kappa shape index (κ3) is 3.96. The summed E-state index contributed by atoms with van der Waals surface area (Å²) >= 11 is 0. The van der Waals surface area contributed by atoms with E-state index in [0.29, 0.717) is 50.8 Å². The van der Waals surface area contributed by atoms with Gasteiger partial charge in [0.1, 0.15) is 5.82 Å². The number of hydrogen-bond donors (Lipinski definition) is 1. The topological polar surface area (TPSA) is 92.0 Å². The maximum Gasteiger partial charge on any atom is 0.252 e. The van der Waals surface area contributed by atoms with Gasteiger partial charge in [-0.3, -0.25) is 14.5 Å². The SMILES string of the molecule is CCC(C(=O)N1CCN(c2ncccc2C(N)=O)CC1)N1CCOCC1. The van der Waals surface area contributed by atoms with Crippen molar-refractivity contribution in [2.24, 2.45) is 5.73 Å². The molecule has 0 aromatic carbocycles. The average Bonchev–Trinajstić information content (AvgIpc) is 2.69. The van der Waals surface area contributed by atoms with Gasteiger partial charge in [-0.25, -0.2) is 4.98 Å². The van der Waals surface area contributed by atoms with Crippen molar-refractivity contribution < 1.29 is 14.3 Å². The van der Waals surface area contributed by atoms with Crippen molar-refractivity contribution in [3.63, 3.8) is 0 Å². The van der Waals surface area contributed by atoms with E-state index in [9.17, 15) is 9.59 Å². The van der Waals surface area contributed by atoms with Crippen LogP contribution in [0, 0.1) is 0 Å². The van der Waals surface area contributed by atoms with Gasteiger partial charge in [-0.2, -0.15) is 0 Å². The van der Waals surface area contributed by atoms with E-state index >= 15 is 0 Å². The van der Waals surface area contributed by atoms with Crippen LogP contribution in [0.15, 0.2) is 18.3 Å². The Balaban J connectivity index is 1.62. The first-order chi connectivity index (χ1) is 12.6. The first-order valence-electron chi connectivity index (χ1n) is 9.22. The van der Waals surface area contributed by atoms with Gasteiger partial charge in [0.25, 0.3) is 5.91 Å². The van der Waals surface area contributed by atoms with Gasteiger partial charge in [0.2, 0.25) is 5.91 Å². The fraction of sp³-hybridized carbons (Fsp3) is 0.611. The van der Waals surface area contributed by atoms with E-state index < -0.39 is 5.91 Å². The van der Waals surface area contributed by atoms with Crippen LogP contribution in [0.25, 0.3) is 0 Å². The van der Waals surface area contributed by atoms with Crippen LogP contribution in [0.1, 0.15) is 23.7 Å². The Morgan fingerprint density at radius 1 is 1.19 bits per heavy atom. The summed E-state index contributed by atoms with van der Waals surface area (Å²) in [5, 5.41) is 0.